The fraction of sp³-hybridized carbons (Fsp3) is 0.818. The quantitative estimate of drug-likeness (QED) is 0.482. The van der Waals surface area contributed by atoms with Crippen molar-refractivity contribution in [2.45, 2.75) is 52.9 Å². The normalized spacial score (nSPS) is 8.50. The average Bonchev–Trinajstić information content (AvgIpc) is 2.25. The third-order valence-electron chi connectivity index (χ3n) is 1.67. The van der Waals surface area contributed by atoms with Gasteiger partial charge in [-0.1, -0.05) is 27.2 Å². The van der Waals surface area contributed by atoms with Gasteiger partial charge in [0.25, 0.3) is 0 Å². The average molecular weight is 200 g/mol. The van der Waals surface area contributed by atoms with E-state index in [2.05, 4.69) is 5.32 Å². The lowest BCUT2D eigenvalue weighted by Gasteiger charge is -2.01. The molecule has 0 aliphatic rings. The Labute approximate surface area is 87.8 Å². The van der Waals surface area contributed by atoms with Crippen molar-refractivity contribution in [1.29, 1.82) is 5.41 Å². The Bertz CT molecular complexity index is 135. The number of unbranched alkanes of at least 4 members (excludes halogenated alkanes) is 3. The Morgan fingerprint density at radius 2 is 1.93 bits per heavy atom. The Hall–Kier alpha value is -0.860. The highest BCUT2D eigenvalue weighted by Gasteiger charge is 1.94. The summed E-state index contributed by atoms with van der Waals surface area (Å²) in [4.78, 5) is 10.8. The first-order chi connectivity index (χ1) is 6.81. The SMILES string of the molecule is CC.CCC(=O)NCCCCCC=N. The van der Waals surface area contributed by atoms with E-state index in [-0.39, 0.29) is 5.91 Å². The van der Waals surface area contributed by atoms with Crippen molar-refractivity contribution in [3.63, 3.8) is 0 Å². The number of amides is 1. The van der Waals surface area contributed by atoms with E-state index in [1.165, 1.54) is 6.21 Å². The van der Waals surface area contributed by atoms with Crippen molar-refractivity contribution in [3.05, 3.63) is 0 Å². The standard InChI is InChI=1S/C9H18N2O.C2H6/c1-2-9(12)11-8-6-4-3-5-7-10;1-2/h7,10H,2-6,8H2,1H3,(H,11,12);1-2H3. The zero-order chi connectivity index (χ0) is 11.2. The van der Waals surface area contributed by atoms with E-state index < -0.39 is 0 Å². The second-order valence-electron chi connectivity index (χ2n) is 2.76. The van der Waals surface area contributed by atoms with Crippen LogP contribution in [0.15, 0.2) is 0 Å². The zero-order valence-electron chi connectivity index (χ0n) is 9.73. The van der Waals surface area contributed by atoms with Crippen LogP contribution in [0.3, 0.4) is 0 Å². The molecule has 0 aromatic carbocycles. The summed E-state index contributed by atoms with van der Waals surface area (Å²) in [5, 5.41) is 9.60. The van der Waals surface area contributed by atoms with Gasteiger partial charge in [0.05, 0.1) is 0 Å². The van der Waals surface area contributed by atoms with Gasteiger partial charge in [0.1, 0.15) is 0 Å². The van der Waals surface area contributed by atoms with Gasteiger partial charge in [-0.2, -0.15) is 0 Å². The van der Waals surface area contributed by atoms with Gasteiger partial charge < -0.3 is 10.7 Å². The van der Waals surface area contributed by atoms with Crippen LogP contribution < -0.4 is 5.32 Å². The molecule has 14 heavy (non-hydrogen) atoms. The molecule has 3 heteroatoms. The number of rotatable bonds is 7. The molecule has 0 radical (unpaired) electrons. The lowest BCUT2D eigenvalue weighted by Crippen LogP contribution is -2.23. The van der Waals surface area contributed by atoms with Crippen LogP contribution in [0.25, 0.3) is 0 Å². The summed E-state index contributed by atoms with van der Waals surface area (Å²) in [6.45, 7) is 6.63. The van der Waals surface area contributed by atoms with Gasteiger partial charge in [-0.25, -0.2) is 0 Å². The fourth-order valence-corrected chi connectivity index (χ4v) is 0.901. The summed E-state index contributed by atoms with van der Waals surface area (Å²) in [6, 6.07) is 0. The monoisotopic (exact) mass is 200 g/mol. The summed E-state index contributed by atoms with van der Waals surface area (Å²) >= 11 is 0. The van der Waals surface area contributed by atoms with Gasteiger partial charge in [-0.05, 0) is 25.5 Å². The molecule has 0 saturated heterocycles. The maximum Gasteiger partial charge on any atom is 0.219 e. The van der Waals surface area contributed by atoms with Gasteiger partial charge in [0.2, 0.25) is 5.91 Å². The minimum absolute atomic E-state index is 0.127. The molecule has 0 aromatic rings. The molecule has 0 bridgehead atoms. The van der Waals surface area contributed by atoms with E-state index in [9.17, 15) is 4.79 Å². The number of carbonyl (C=O) groups excluding carboxylic acids is 1. The first-order valence-corrected chi connectivity index (χ1v) is 5.57. The molecule has 2 N–H and O–H groups in total. The van der Waals surface area contributed by atoms with E-state index >= 15 is 0 Å². The summed E-state index contributed by atoms with van der Waals surface area (Å²) < 4.78 is 0. The first kappa shape index (κ1) is 15.6. The van der Waals surface area contributed by atoms with Crippen LogP contribution in [0.4, 0.5) is 0 Å². The van der Waals surface area contributed by atoms with Crippen LogP contribution >= 0.6 is 0 Å². The first-order valence-electron chi connectivity index (χ1n) is 5.57. The molecule has 0 aliphatic heterocycles. The molecule has 0 saturated carbocycles. The molecular formula is C11H24N2O. The van der Waals surface area contributed by atoms with E-state index in [1.54, 1.807) is 0 Å². The van der Waals surface area contributed by atoms with Crippen molar-refractivity contribution in [1.82, 2.24) is 5.32 Å². The van der Waals surface area contributed by atoms with Crippen LogP contribution in [0, 0.1) is 5.41 Å². The molecule has 84 valence electrons. The lowest BCUT2D eigenvalue weighted by molar-refractivity contribution is -0.120. The van der Waals surface area contributed by atoms with E-state index in [0.29, 0.717) is 6.42 Å². The van der Waals surface area contributed by atoms with Gasteiger partial charge in [0, 0.05) is 13.0 Å². The zero-order valence-corrected chi connectivity index (χ0v) is 9.73. The molecule has 3 nitrogen and oxygen atoms in total. The molecule has 0 atom stereocenters. The molecule has 0 unspecified atom stereocenters. The summed E-state index contributed by atoms with van der Waals surface area (Å²) in [5.74, 6) is 0.127. The highest BCUT2D eigenvalue weighted by atomic mass is 16.1. The Kier molecular flexibility index (Phi) is 16.3. The highest BCUT2D eigenvalue weighted by molar-refractivity contribution is 5.75. The third-order valence-corrected chi connectivity index (χ3v) is 1.67. The maximum absolute atomic E-state index is 10.8. The number of hydrogen-bond acceptors (Lipinski definition) is 2. The summed E-state index contributed by atoms with van der Waals surface area (Å²) in [6.07, 6.45) is 6.05. The maximum atomic E-state index is 10.8. The van der Waals surface area contributed by atoms with E-state index in [0.717, 1.165) is 32.2 Å². The van der Waals surface area contributed by atoms with E-state index in [1.807, 2.05) is 20.8 Å². The Morgan fingerprint density at radius 1 is 1.29 bits per heavy atom. The van der Waals surface area contributed by atoms with Crippen LogP contribution in [0.2, 0.25) is 0 Å². The molecule has 0 spiro atoms. The Balaban J connectivity index is 0. The largest absolute Gasteiger partial charge is 0.356 e. The molecule has 0 fully saturated rings. The fourth-order valence-electron chi connectivity index (χ4n) is 0.901. The van der Waals surface area contributed by atoms with Gasteiger partial charge in [-0.3, -0.25) is 4.79 Å². The molecule has 0 rings (SSSR count). The summed E-state index contributed by atoms with van der Waals surface area (Å²) in [5.41, 5.74) is 0. The topological polar surface area (TPSA) is 53.0 Å². The van der Waals surface area contributed by atoms with Crippen LogP contribution in [0.1, 0.15) is 52.9 Å². The second-order valence-corrected chi connectivity index (χ2v) is 2.76. The van der Waals surface area contributed by atoms with E-state index in [4.69, 9.17) is 5.41 Å². The number of nitrogens with one attached hydrogen (secondary N) is 2. The number of hydrogen-bond donors (Lipinski definition) is 2. The lowest BCUT2D eigenvalue weighted by atomic mass is 10.2. The molecule has 0 aromatic heterocycles. The minimum Gasteiger partial charge on any atom is -0.356 e. The van der Waals surface area contributed by atoms with Crippen molar-refractivity contribution in [2.24, 2.45) is 0 Å². The Morgan fingerprint density at radius 3 is 2.43 bits per heavy atom. The second kappa shape index (κ2) is 14.7. The predicted octanol–water partition coefficient (Wildman–Crippen LogP) is 2.75. The minimum atomic E-state index is 0.127. The van der Waals surface area contributed by atoms with Crippen LogP contribution in [0.5, 0.6) is 0 Å². The van der Waals surface area contributed by atoms with Crippen molar-refractivity contribution >= 4 is 12.1 Å². The van der Waals surface area contributed by atoms with Gasteiger partial charge in [0.15, 0.2) is 0 Å². The third kappa shape index (κ3) is 13.7. The van der Waals surface area contributed by atoms with Gasteiger partial charge in [-0.15, -0.1) is 0 Å². The summed E-state index contributed by atoms with van der Waals surface area (Å²) in [7, 11) is 0. The smallest absolute Gasteiger partial charge is 0.219 e. The van der Waals surface area contributed by atoms with Crippen LogP contribution in [-0.2, 0) is 4.79 Å². The van der Waals surface area contributed by atoms with Crippen LogP contribution in [-0.4, -0.2) is 18.7 Å². The number of carbonyl (C=O) groups is 1. The highest BCUT2D eigenvalue weighted by Crippen LogP contribution is 1.96. The van der Waals surface area contributed by atoms with Crippen molar-refractivity contribution < 1.29 is 4.79 Å². The van der Waals surface area contributed by atoms with Crippen molar-refractivity contribution in [2.75, 3.05) is 6.54 Å². The van der Waals surface area contributed by atoms with Crippen molar-refractivity contribution in [3.8, 4) is 0 Å². The predicted molar refractivity (Wildman–Crippen MR) is 61.9 cm³/mol. The van der Waals surface area contributed by atoms with Gasteiger partial charge >= 0.3 is 0 Å². The molecule has 0 aliphatic carbocycles. The molecule has 0 heterocycles. The molecule has 1 amide bonds. The molecular weight excluding hydrogens is 176 g/mol.